The van der Waals surface area contributed by atoms with Gasteiger partial charge in [-0.1, -0.05) is 19.1 Å². The Bertz CT molecular complexity index is 1950. The van der Waals surface area contributed by atoms with Crippen LogP contribution in [0.1, 0.15) is 47.3 Å². The highest BCUT2D eigenvalue weighted by molar-refractivity contribution is 5.96. The Kier molecular flexibility index (Phi) is 12.1. The lowest BCUT2D eigenvalue weighted by atomic mass is 9.95. The van der Waals surface area contributed by atoms with Crippen LogP contribution in [0.4, 0.5) is 26.4 Å². The first-order chi connectivity index (χ1) is 24.1. The van der Waals surface area contributed by atoms with Gasteiger partial charge in [-0.2, -0.15) is 15.0 Å². The van der Waals surface area contributed by atoms with Crippen molar-refractivity contribution in [1.29, 1.82) is 0 Å². The number of nitrogens with two attached hydrogens (primary N) is 3. The molecule has 3 heterocycles. The first-order valence-electron chi connectivity index (χ1n) is 15.3. The fraction of sp³-hybridized carbons (Fsp3) is 0.387. The van der Waals surface area contributed by atoms with E-state index < -0.39 is 73.7 Å². The molecule has 9 N–H and O–H groups in total. The van der Waals surface area contributed by atoms with Crippen LogP contribution in [0.3, 0.4) is 0 Å². The summed E-state index contributed by atoms with van der Waals surface area (Å²) >= 11 is 0. The number of benzene rings is 1. The molecule has 0 radical (unpaired) electrons. The number of ether oxygens (including phenoxy) is 2. The molecule has 0 bridgehead atoms. The predicted molar refractivity (Wildman–Crippen MR) is 176 cm³/mol. The largest absolute Gasteiger partial charge is 0.480 e. The fourth-order valence-electron chi connectivity index (χ4n) is 4.93. The van der Waals surface area contributed by atoms with E-state index >= 15 is 0 Å². The van der Waals surface area contributed by atoms with Crippen LogP contribution in [-0.2, 0) is 32.0 Å². The van der Waals surface area contributed by atoms with Gasteiger partial charge in [0.2, 0.25) is 5.95 Å². The van der Waals surface area contributed by atoms with Crippen LogP contribution in [-0.4, -0.2) is 95.4 Å². The zero-order valence-electron chi connectivity index (χ0n) is 27.4. The summed E-state index contributed by atoms with van der Waals surface area (Å²) in [5.74, 6) is -7.22. The Labute approximate surface area is 288 Å². The molecule has 0 fully saturated rings. The molecular weight excluding hydrogens is 678 g/mol. The standard InChI is InChI=1S/C31H36F2N10O8/c1-15(11-18-12-37-26-23(38-18)25(35)41-29(36)42-26)16-3-5-17(6-4-16)27(46)39-19(28(47)48)7-8-22(44)51-13-20(50-2)24(45)31(32,33)14-43-10-9-21(34)40-30(43)49/h3-6,9-10,12,15,19-20,24,45H,7-8,11,13-14H2,1-2H3,(H,39,46)(H,47,48)(H2,34,40,49)(H4,35,36,37,41,42)/t15?,19?,20-,24+/m1/s1. The van der Waals surface area contributed by atoms with Gasteiger partial charge >= 0.3 is 17.6 Å². The van der Waals surface area contributed by atoms with Gasteiger partial charge in [0, 0.05) is 25.3 Å². The maximum absolute atomic E-state index is 14.8. The number of aliphatic hydroxyl groups is 1. The van der Waals surface area contributed by atoms with E-state index in [0.29, 0.717) is 22.2 Å². The van der Waals surface area contributed by atoms with Gasteiger partial charge in [-0.25, -0.2) is 28.3 Å². The van der Waals surface area contributed by atoms with Crippen molar-refractivity contribution >= 4 is 46.6 Å². The second-order valence-corrected chi connectivity index (χ2v) is 11.6. The number of methoxy groups -OCH3 is 1. The third-order valence-corrected chi connectivity index (χ3v) is 7.77. The van der Waals surface area contributed by atoms with Gasteiger partial charge in [0.1, 0.15) is 30.7 Å². The molecule has 4 rings (SSSR count). The summed E-state index contributed by atoms with van der Waals surface area (Å²) in [4.78, 5) is 68.9. The Morgan fingerprint density at radius 3 is 2.41 bits per heavy atom. The summed E-state index contributed by atoms with van der Waals surface area (Å²) in [5, 5.41) is 22.2. The van der Waals surface area contributed by atoms with Crippen molar-refractivity contribution in [2.45, 2.75) is 62.8 Å². The van der Waals surface area contributed by atoms with Gasteiger partial charge in [-0.15, -0.1) is 0 Å². The molecule has 1 aromatic carbocycles. The van der Waals surface area contributed by atoms with Gasteiger partial charge in [0.15, 0.2) is 17.0 Å². The number of hydrogen-bond acceptors (Lipinski definition) is 15. The number of carbonyl (C=O) groups is 3. The third-order valence-electron chi connectivity index (χ3n) is 7.77. The lowest BCUT2D eigenvalue weighted by Gasteiger charge is -2.28. The van der Waals surface area contributed by atoms with E-state index in [1.165, 1.54) is 12.1 Å². The summed E-state index contributed by atoms with van der Waals surface area (Å²) in [6.07, 6.45) is -2.14. The van der Waals surface area contributed by atoms with E-state index in [1.54, 1.807) is 18.3 Å². The molecule has 3 aromatic heterocycles. The number of nitrogens with one attached hydrogen (secondary N) is 1. The molecule has 0 aliphatic rings. The number of halogens is 2. The predicted octanol–water partition coefficient (Wildman–Crippen LogP) is 0.287. The number of nitrogen functional groups attached to an aromatic ring is 3. The average molecular weight is 715 g/mol. The SMILES string of the molecule is CO[C@H](COC(=O)CCC(NC(=O)c1ccc(C(C)Cc2cnc3nc(N)nc(N)c3n2)cc1)C(=O)O)[C@H](O)C(F)(F)Cn1ccc(N)nc1=O. The third kappa shape index (κ3) is 9.85. The van der Waals surface area contributed by atoms with E-state index in [1.807, 2.05) is 6.92 Å². The molecule has 272 valence electrons. The molecule has 18 nitrogen and oxygen atoms in total. The normalized spacial score (nSPS) is 14.0. The van der Waals surface area contributed by atoms with Crippen LogP contribution < -0.4 is 28.2 Å². The number of amides is 1. The number of alkyl halides is 2. The summed E-state index contributed by atoms with van der Waals surface area (Å²) < 4.78 is 39.9. The molecule has 0 spiro atoms. The van der Waals surface area contributed by atoms with Crippen LogP contribution in [0, 0.1) is 0 Å². The molecule has 0 aliphatic heterocycles. The Balaban J connectivity index is 1.28. The Morgan fingerprint density at radius 1 is 1.06 bits per heavy atom. The molecule has 1 amide bonds. The van der Waals surface area contributed by atoms with Crippen molar-refractivity contribution in [2.75, 3.05) is 30.9 Å². The van der Waals surface area contributed by atoms with Gasteiger partial charge in [-0.05, 0) is 42.5 Å². The topological polar surface area (TPSA) is 287 Å². The minimum Gasteiger partial charge on any atom is -0.480 e. The highest BCUT2D eigenvalue weighted by Crippen LogP contribution is 2.25. The number of aromatic nitrogens is 6. The molecule has 0 saturated carbocycles. The minimum atomic E-state index is -3.92. The summed E-state index contributed by atoms with van der Waals surface area (Å²) in [7, 11) is 1.00. The van der Waals surface area contributed by atoms with Crippen LogP contribution in [0.15, 0.2) is 47.5 Å². The number of carbonyl (C=O) groups excluding carboxylic acids is 2. The number of hydrogen-bond donors (Lipinski definition) is 6. The molecular formula is C31H36F2N10O8. The molecule has 2 unspecified atom stereocenters. The summed E-state index contributed by atoms with van der Waals surface area (Å²) in [5.41, 5.74) is 18.0. The van der Waals surface area contributed by atoms with Crippen molar-refractivity contribution < 1.29 is 42.9 Å². The smallest absolute Gasteiger partial charge is 0.349 e. The van der Waals surface area contributed by atoms with Gasteiger partial charge in [0.05, 0.1) is 18.4 Å². The first kappa shape index (κ1) is 37.9. The van der Waals surface area contributed by atoms with Crippen molar-refractivity contribution in [1.82, 2.24) is 34.8 Å². The molecule has 4 aromatic rings. The van der Waals surface area contributed by atoms with E-state index in [0.717, 1.165) is 24.9 Å². The number of fused-ring (bicyclic) bond motifs is 1. The Morgan fingerprint density at radius 2 is 1.76 bits per heavy atom. The van der Waals surface area contributed by atoms with E-state index in [4.69, 9.17) is 26.7 Å². The molecule has 0 saturated heterocycles. The van der Waals surface area contributed by atoms with Crippen LogP contribution in [0.2, 0.25) is 0 Å². The van der Waals surface area contributed by atoms with Crippen molar-refractivity contribution in [3.8, 4) is 0 Å². The zero-order chi connectivity index (χ0) is 37.5. The lowest BCUT2D eigenvalue weighted by molar-refractivity contribution is -0.183. The quantitative estimate of drug-likeness (QED) is 0.0850. The second-order valence-electron chi connectivity index (χ2n) is 11.6. The molecule has 0 aliphatic carbocycles. The van der Waals surface area contributed by atoms with Gasteiger partial charge in [-0.3, -0.25) is 14.2 Å². The van der Waals surface area contributed by atoms with Crippen molar-refractivity contribution in [3.63, 3.8) is 0 Å². The first-order valence-corrected chi connectivity index (χ1v) is 15.3. The highest BCUT2D eigenvalue weighted by atomic mass is 19.3. The van der Waals surface area contributed by atoms with E-state index in [2.05, 4.69) is 30.2 Å². The Hall–Kier alpha value is -5.89. The van der Waals surface area contributed by atoms with E-state index in [-0.39, 0.29) is 34.7 Å². The summed E-state index contributed by atoms with van der Waals surface area (Å²) in [6, 6.07) is 6.06. The number of aliphatic hydroxyl groups excluding tert-OH is 1. The highest BCUT2D eigenvalue weighted by Gasteiger charge is 2.44. The number of rotatable bonds is 16. The number of nitrogens with zero attached hydrogens (tertiary/aromatic N) is 6. The van der Waals surface area contributed by atoms with Crippen LogP contribution in [0.25, 0.3) is 11.2 Å². The molecule has 51 heavy (non-hydrogen) atoms. The average Bonchev–Trinajstić information content (AvgIpc) is 3.08. The number of anilines is 3. The number of esters is 1. The maximum atomic E-state index is 14.8. The molecule has 20 heteroatoms. The molecule has 4 atom stereocenters. The van der Waals surface area contributed by atoms with Gasteiger partial charge < -0.3 is 42.2 Å². The second kappa shape index (κ2) is 16.2. The number of carboxylic acid groups (broad SMARTS) is 1. The van der Waals surface area contributed by atoms with Crippen molar-refractivity contribution in [3.05, 3.63) is 70.0 Å². The minimum absolute atomic E-state index is 0.0140. The van der Waals surface area contributed by atoms with Crippen LogP contribution >= 0.6 is 0 Å². The van der Waals surface area contributed by atoms with Crippen LogP contribution in [0.5, 0.6) is 0 Å². The zero-order valence-corrected chi connectivity index (χ0v) is 27.4. The lowest BCUT2D eigenvalue weighted by Crippen LogP contribution is -2.49. The van der Waals surface area contributed by atoms with Gasteiger partial charge in [0.25, 0.3) is 11.8 Å². The van der Waals surface area contributed by atoms with E-state index in [9.17, 15) is 38.2 Å². The monoisotopic (exact) mass is 714 g/mol. The summed E-state index contributed by atoms with van der Waals surface area (Å²) in [6.45, 7) is -0.147. The maximum Gasteiger partial charge on any atom is 0.349 e. The van der Waals surface area contributed by atoms with Crippen molar-refractivity contribution in [2.24, 2.45) is 0 Å². The number of carboxylic acids is 1. The number of aliphatic carboxylic acids is 1. The fourth-order valence-corrected chi connectivity index (χ4v) is 4.93.